The maximum absolute atomic E-state index is 13.0. The molecule has 0 atom stereocenters. The van der Waals surface area contributed by atoms with E-state index in [2.05, 4.69) is 68.6 Å². The van der Waals surface area contributed by atoms with Crippen LogP contribution < -0.4 is 0 Å². The number of carbonyl (C=O) groups excluding carboxylic acids is 1. The van der Waals surface area contributed by atoms with Gasteiger partial charge in [-0.05, 0) is 48.4 Å². The highest BCUT2D eigenvalue weighted by molar-refractivity contribution is 7.98. The van der Waals surface area contributed by atoms with Gasteiger partial charge in [-0.25, -0.2) is 0 Å². The smallest absolute Gasteiger partial charge is 0.255 e. The molecular weight excluding hydrogens is 314 g/mol. The Hall–Kier alpha value is -2.00. The number of hydrogen-bond donors (Lipinski definition) is 0. The van der Waals surface area contributed by atoms with E-state index in [0.717, 1.165) is 35.2 Å². The molecule has 0 spiro atoms. The summed E-state index contributed by atoms with van der Waals surface area (Å²) in [6.07, 6.45) is 3.06. The second-order valence-electron chi connectivity index (χ2n) is 6.17. The lowest BCUT2D eigenvalue weighted by atomic mass is 9.96. The fourth-order valence-corrected chi connectivity index (χ4v) is 3.53. The number of thioether (sulfide) groups is 1. The Morgan fingerprint density at radius 1 is 1.00 bits per heavy atom. The molecule has 1 amide bonds. The molecule has 3 heteroatoms. The summed E-state index contributed by atoms with van der Waals surface area (Å²) >= 11 is 1.73. The van der Waals surface area contributed by atoms with Crippen LogP contribution in [0.3, 0.4) is 0 Å². The monoisotopic (exact) mass is 337 g/mol. The van der Waals surface area contributed by atoms with Gasteiger partial charge in [0.1, 0.15) is 0 Å². The van der Waals surface area contributed by atoms with Crippen molar-refractivity contribution in [2.24, 2.45) is 0 Å². The van der Waals surface area contributed by atoms with E-state index < -0.39 is 0 Å². The van der Waals surface area contributed by atoms with E-state index in [9.17, 15) is 4.79 Å². The van der Waals surface area contributed by atoms with E-state index in [1.165, 1.54) is 10.5 Å². The van der Waals surface area contributed by atoms with Crippen LogP contribution in [0.25, 0.3) is 11.1 Å². The largest absolute Gasteiger partial charge is 0.334 e. The van der Waals surface area contributed by atoms with Crippen LogP contribution in [0.15, 0.2) is 53.4 Å². The number of amides is 1. The van der Waals surface area contributed by atoms with Crippen LogP contribution in [-0.4, -0.2) is 30.2 Å². The molecule has 2 aromatic rings. The van der Waals surface area contributed by atoms with Crippen molar-refractivity contribution in [2.45, 2.75) is 25.2 Å². The van der Waals surface area contributed by atoms with Gasteiger partial charge in [0.2, 0.25) is 0 Å². The lowest BCUT2D eigenvalue weighted by Gasteiger charge is -2.15. The van der Waals surface area contributed by atoms with Gasteiger partial charge in [0.05, 0.1) is 5.57 Å². The van der Waals surface area contributed by atoms with Gasteiger partial charge in [-0.3, -0.25) is 4.79 Å². The third-order valence-electron chi connectivity index (χ3n) is 4.42. The Kier molecular flexibility index (Phi) is 5.10. The molecule has 0 unspecified atom stereocenters. The molecule has 1 aliphatic heterocycles. The lowest BCUT2D eigenvalue weighted by Crippen LogP contribution is -2.27. The zero-order valence-electron chi connectivity index (χ0n) is 14.5. The lowest BCUT2D eigenvalue weighted by molar-refractivity contribution is -0.123. The third-order valence-corrected chi connectivity index (χ3v) is 5.17. The third kappa shape index (κ3) is 3.27. The minimum atomic E-state index is 0.157. The summed E-state index contributed by atoms with van der Waals surface area (Å²) in [5.41, 5.74) is 5.38. The predicted octanol–water partition coefficient (Wildman–Crippen LogP) is 4.88. The molecule has 0 saturated heterocycles. The van der Waals surface area contributed by atoms with Crippen molar-refractivity contribution >= 4 is 28.8 Å². The zero-order valence-corrected chi connectivity index (χ0v) is 15.3. The van der Waals surface area contributed by atoms with E-state index in [-0.39, 0.29) is 5.91 Å². The van der Waals surface area contributed by atoms with Crippen molar-refractivity contribution in [1.29, 1.82) is 0 Å². The summed E-state index contributed by atoms with van der Waals surface area (Å²) in [7, 11) is 0. The molecule has 1 heterocycles. The highest BCUT2D eigenvalue weighted by atomic mass is 32.2. The molecule has 0 saturated carbocycles. The van der Waals surface area contributed by atoms with Crippen LogP contribution in [0.1, 0.15) is 30.0 Å². The number of benzene rings is 2. The Balaban J connectivity index is 2.07. The van der Waals surface area contributed by atoms with Crippen LogP contribution in [-0.2, 0) is 4.79 Å². The molecule has 0 bridgehead atoms. The van der Waals surface area contributed by atoms with E-state index in [0.29, 0.717) is 6.54 Å². The predicted molar refractivity (Wildman–Crippen MR) is 103 cm³/mol. The van der Waals surface area contributed by atoms with Gasteiger partial charge in [0.25, 0.3) is 5.91 Å². The van der Waals surface area contributed by atoms with Crippen LogP contribution in [0.4, 0.5) is 0 Å². The summed E-state index contributed by atoms with van der Waals surface area (Å²) in [5, 5.41) is 0. The Labute approximate surface area is 148 Å². The molecule has 1 aliphatic rings. The SMILES string of the molecule is CCCN1CC(c2ccc(SC)cc2)=C(c2ccc(C)cc2)C1=O. The second kappa shape index (κ2) is 7.27. The van der Waals surface area contributed by atoms with Crippen LogP contribution >= 0.6 is 11.8 Å². The van der Waals surface area contributed by atoms with Gasteiger partial charge in [0.15, 0.2) is 0 Å². The number of aryl methyl sites for hydroxylation is 1. The first-order chi connectivity index (χ1) is 11.6. The standard InChI is InChI=1S/C21H23NOS/c1-4-13-22-14-19(16-9-11-18(24-3)12-10-16)20(21(22)23)17-7-5-15(2)6-8-17/h5-12H,4,13-14H2,1-3H3. The van der Waals surface area contributed by atoms with Crippen LogP contribution in [0.5, 0.6) is 0 Å². The fourth-order valence-electron chi connectivity index (χ4n) is 3.13. The number of rotatable bonds is 5. The molecule has 0 fully saturated rings. The summed E-state index contributed by atoms with van der Waals surface area (Å²) < 4.78 is 0. The highest BCUT2D eigenvalue weighted by Gasteiger charge is 2.31. The van der Waals surface area contributed by atoms with Crippen LogP contribution in [0.2, 0.25) is 0 Å². The first-order valence-electron chi connectivity index (χ1n) is 8.38. The van der Waals surface area contributed by atoms with Gasteiger partial charge in [-0.1, -0.05) is 48.9 Å². The second-order valence-corrected chi connectivity index (χ2v) is 7.05. The van der Waals surface area contributed by atoms with Gasteiger partial charge in [-0.15, -0.1) is 11.8 Å². The zero-order chi connectivity index (χ0) is 17.1. The molecule has 0 N–H and O–H groups in total. The topological polar surface area (TPSA) is 20.3 Å². The van der Waals surface area contributed by atoms with E-state index in [1.54, 1.807) is 11.8 Å². The van der Waals surface area contributed by atoms with Gasteiger partial charge in [-0.2, -0.15) is 0 Å². The van der Waals surface area contributed by atoms with Crippen molar-refractivity contribution in [3.8, 4) is 0 Å². The molecule has 124 valence electrons. The fraction of sp³-hybridized carbons (Fsp3) is 0.286. The Morgan fingerprint density at radius 2 is 1.62 bits per heavy atom. The maximum Gasteiger partial charge on any atom is 0.255 e. The van der Waals surface area contributed by atoms with Gasteiger partial charge in [0, 0.05) is 18.0 Å². The minimum absolute atomic E-state index is 0.157. The van der Waals surface area contributed by atoms with Crippen molar-refractivity contribution < 1.29 is 4.79 Å². The normalized spacial score (nSPS) is 14.6. The van der Waals surface area contributed by atoms with Gasteiger partial charge >= 0.3 is 0 Å². The molecule has 0 aliphatic carbocycles. The van der Waals surface area contributed by atoms with Crippen molar-refractivity contribution in [3.63, 3.8) is 0 Å². The molecule has 0 aromatic heterocycles. The quantitative estimate of drug-likeness (QED) is 0.725. The first kappa shape index (κ1) is 16.8. The van der Waals surface area contributed by atoms with Gasteiger partial charge < -0.3 is 4.90 Å². The first-order valence-corrected chi connectivity index (χ1v) is 9.60. The summed E-state index contributed by atoms with van der Waals surface area (Å²) in [6.45, 7) is 5.69. The number of carbonyl (C=O) groups is 1. The minimum Gasteiger partial charge on any atom is -0.334 e. The van der Waals surface area contributed by atoms with Crippen molar-refractivity contribution in [3.05, 3.63) is 65.2 Å². The van der Waals surface area contributed by atoms with E-state index in [1.807, 2.05) is 4.90 Å². The summed E-state index contributed by atoms with van der Waals surface area (Å²) in [4.78, 5) is 16.2. The molecule has 3 rings (SSSR count). The van der Waals surface area contributed by atoms with E-state index in [4.69, 9.17) is 0 Å². The van der Waals surface area contributed by atoms with Crippen molar-refractivity contribution in [1.82, 2.24) is 4.90 Å². The Bertz CT molecular complexity index is 759. The molecule has 24 heavy (non-hydrogen) atoms. The van der Waals surface area contributed by atoms with E-state index >= 15 is 0 Å². The van der Waals surface area contributed by atoms with Crippen molar-refractivity contribution in [2.75, 3.05) is 19.3 Å². The maximum atomic E-state index is 13.0. The number of hydrogen-bond acceptors (Lipinski definition) is 2. The molecule has 2 nitrogen and oxygen atoms in total. The summed E-state index contributed by atoms with van der Waals surface area (Å²) in [5.74, 6) is 0.157. The molecule has 2 aromatic carbocycles. The van der Waals surface area contributed by atoms with Crippen LogP contribution in [0, 0.1) is 6.92 Å². The molecule has 0 radical (unpaired) electrons. The average molecular weight is 337 g/mol. The number of nitrogens with zero attached hydrogens (tertiary/aromatic N) is 1. The Morgan fingerprint density at radius 3 is 2.21 bits per heavy atom. The highest BCUT2D eigenvalue weighted by Crippen LogP contribution is 2.35. The summed E-state index contributed by atoms with van der Waals surface area (Å²) in [6, 6.07) is 16.8. The molecular formula is C21H23NOS. The average Bonchev–Trinajstić information content (AvgIpc) is 2.93.